The molecule has 2 rings (SSSR count). The predicted octanol–water partition coefficient (Wildman–Crippen LogP) is 2.80. The first-order chi connectivity index (χ1) is 11.3. The van der Waals surface area contributed by atoms with E-state index in [4.69, 9.17) is 5.14 Å². The largest absolute Gasteiger partial charge is 0.314 e. The average molecular weight is 346 g/mol. The molecule has 3 N–H and O–H groups in total. The molecule has 0 spiro atoms. The van der Waals surface area contributed by atoms with Crippen molar-refractivity contribution in [1.82, 2.24) is 5.32 Å². The van der Waals surface area contributed by atoms with Crippen LogP contribution in [0.4, 0.5) is 0 Å². The summed E-state index contributed by atoms with van der Waals surface area (Å²) in [6.45, 7) is 5.18. The van der Waals surface area contributed by atoms with Gasteiger partial charge in [-0.3, -0.25) is 0 Å². The maximum Gasteiger partial charge on any atom is 0.238 e. The Morgan fingerprint density at radius 1 is 1.04 bits per heavy atom. The van der Waals surface area contributed by atoms with Crippen LogP contribution < -0.4 is 10.5 Å². The fraction of sp³-hybridized carbons (Fsp3) is 0.368. The van der Waals surface area contributed by atoms with E-state index in [1.54, 1.807) is 12.1 Å². The zero-order valence-corrected chi connectivity index (χ0v) is 15.1. The third-order valence-corrected chi connectivity index (χ3v) is 5.04. The quantitative estimate of drug-likeness (QED) is 0.772. The maximum absolute atomic E-state index is 11.2. The van der Waals surface area contributed by atoms with Crippen molar-refractivity contribution < 1.29 is 8.42 Å². The molecule has 0 aliphatic carbocycles. The van der Waals surface area contributed by atoms with E-state index in [0.717, 1.165) is 31.4 Å². The molecule has 0 radical (unpaired) electrons. The SMILES string of the molecule is Cc1cccc(CCC(C)NCCc2ccc(S(N)(=O)=O)cc2)c1. The van der Waals surface area contributed by atoms with Crippen LogP contribution in [0.1, 0.15) is 30.0 Å². The van der Waals surface area contributed by atoms with E-state index in [9.17, 15) is 8.42 Å². The summed E-state index contributed by atoms with van der Waals surface area (Å²) in [6.07, 6.45) is 3.02. The lowest BCUT2D eigenvalue weighted by Gasteiger charge is -2.14. The van der Waals surface area contributed by atoms with Crippen LogP contribution in [0.5, 0.6) is 0 Å². The lowest BCUT2D eigenvalue weighted by Crippen LogP contribution is -2.28. The van der Waals surface area contributed by atoms with Crippen LogP contribution in [0, 0.1) is 6.92 Å². The maximum atomic E-state index is 11.2. The van der Waals surface area contributed by atoms with Gasteiger partial charge in [-0.15, -0.1) is 0 Å². The van der Waals surface area contributed by atoms with Crippen molar-refractivity contribution >= 4 is 10.0 Å². The summed E-state index contributed by atoms with van der Waals surface area (Å²) >= 11 is 0. The molecular formula is C19H26N2O2S. The highest BCUT2D eigenvalue weighted by Gasteiger charge is 2.07. The zero-order valence-electron chi connectivity index (χ0n) is 14.3. The number of rotatable bonds is 8. The van der Waals surface area contributed by atoms with Crippen molar-refractivity contribution in [1.29, 1.82) is 0 Å². The highest BCUT2D eigenvalue weighted by atomic mass is 32.2. The monoisotopic (exact) mass is 346 g/mol. The lowest BCUT2D eigenvalue weighted by molar-refractivity contribution is 0.517. The first-order valence-electron chi connectivity index (χ1n) is 8.25. The molecule has 1 unspecified atom stereocenters. The summed E-state index contributed by atoms with van der Waals surface area (Å²) in [4.78, 5) is 0.158. The fourth-order valence-electron chi connectivity index (χ4n) is 2.66. The van der Waals surface area contributed by atoms with E-state index in [1.165, 1.54) is 11.1 Å². The van der Waals surface area contributed by atoms with Crippen LogP contribution in [0.3, 0.4) is 0 Å². The van der Waals surface area contributed by atoms with Gasteiger partial charge in [-0.2, -0.15) is 0 Å². The molecule has 2 aromatic rings. The van der Waals surface area contributed by atoms with Gasteiger partial charge in [0.25, 0.3) is 0 Å². The van der Waals surface area contributed by atoms with Gasteiger partial charge in [0, 0.05) is 6.04 Å². The third kappa shape index (κ3) is 6.07. The lowest BCUT2D eigenvalue weighted by atomic mass is 10.0. The van der Waals surface area contributed by atoms with E-state index in [0.29, 0.717) is 6.04 Å². The Hall–Kier alpha value is -1.69. The van der Waals surface area contributed by atoms with Gasteiger partial charge in [0.2, 0.25) is 10.0 Å². The summed E-state index contributed by atoms with van der Waals surface area (Å²) in [6, 6.07) is 15.8. The normalized spacial score (nSPS) is 13.0. The number of hydrogen-bond acceptors (Lipinski definition) is 3. The van der Waals surface area contributed by atoms with Crippen molar-refractivity contribution in [3.63, 3.8) is 0 Å². The van der Waals surface area contributed by atoms with E-state index < -0.39 is 10.0 Å². The van der Waals surface area contributed by atoms with Gasteiger partial charge in [0.1, 0.15) is 0 Å². The molecule has 24 heavy (non-hydrogen) atoms. The molecule has 0 aliphatic heterocycles. The number of sulfonamides is 1. The van der Waals surface area contributed by atoms with E-state index in [2.05, 4.69) is 43.4 Å². The van der Waals surface area contributed by atoms with E-state index in [1.807, 2.05) is 12.1 Å². The van der Waals surface area contributed by atoms with Gasteiger partial charge in [-0.1, -0.05) is 42.0 Å². The molecule has 0 bridgehead atoms. The zero-order chi connectivity index (χ0) is 17.6. The van der Waals surface area contributed by atoms with Crippen molar-refractivity contribution in [2.45, 2.75) is 44.0 Å². The first-order valence-corrected chi connectivity index (χ1v) is 9.80. The van der Waals surface area contributed by atoms with Crippen molar-refractivity contribution in [3.05, 3.63) is 65.2 Å². The molecule has 0 aromatic heterocycles. The van der Waals surface area contributed by atoms with Crippen LogP contribution in [0.15, 0.2) is 53.4 Å². The second kappa shape index (κ2) is 8.42. The second-order valence-corrected chi connectivity index (χ2v) is 7.88. The first kappa shape index (κ1) is 18.6. The molecule has 0 amide bonds. The van der Waals surface area contributed by atoms with Crippen LogP contribution in [-0.4, -0.2) is 21.0 Å². The minimum Gasteiger partial charge on any atom is -0.314 e. The van der Waals surface area contributed by atoms with Gasteiger partial charge in [0.05, 0.1) is 4.90 Å². The summed E-state index contributed by atoms with van der Waals surface area (Å²) in [7, 11) is -3.61. The summed E-state index contributed by atoms with van der Waals surface area (Å²) in [5, 5.41) is 8.62. The van der Waals surface area contributed by atoms with Crippen LogP contribution in [-0.2, 0) is 22.9 Å². The molecule has 2 aromatic carbocycles. The molecule has 0 heterocycles. The molecule has 4 nitrogen and oxygen atoms in total. The van der Waals surface area contributed by atoms with Gasteiger partial charge < -0.3 is 5.32 Å². The van der Waals surface area contributed by atoms with Gasteiger partial charge >= 0.3 is 0 Å². The topological polar surface area (TPSA) is 72.2 Å². The Morgan fingerprint density at radius 2 is 1.75 bits per heavy atom. The Bertz CT molecular complexity index is 755. The smallest absolute Gasteiger partial charge is 0.238 e. The van der Waals surface area contributed by atoms with Gasteiger partial charge in [-0.25, -0.2) is 13.6 Å². The molecule has 0 aliphatic rings. The third-order valence-electron chi connectivity index (χ3n) is 4.11. The molecular weight excluding hydrogens is 320 g/mol. The summed E-state index contributed by atoms with van der Waals surface area (Å²) in [5.41, 5.74) is 3.78. The van der Waals surface area contributed by atoms with Crippen molar-refractivity contribution in [2.24, 2.45) is 5.14 Å². The number of hydrogen-bond donors (Lipinski definition) is 2. The van der Waals surface area contributed by atoms with Crippen molar-refractivity contribution in [3.8, 4) is 0 Å². The molecule has 5 heteroatoms. The van der Waals surface area contributed by atoms with Crippen LogP contribution in [0.2, 0.25) is 0 Å². The summed E-state index contributed by atoms with van der Waals surface area (Å²) < 4.78 is 22.4. The number of aryl methyl sites for hydroxylation is 2. The Labute approximate surface area is 145 Å². The number of nitrogens with one attached hydrogen (secondary N) is 1. The standard InChI is InChI=1S/C19H26N2O2S/c1-15-4-3-5-18(14-15)7-6-16(2)21-13-12-17-8-10-19(11-9-17)24(20,22)23/h3-5,8-11,14,16,21H,6-7,12-13H2,1-2H3,(H2,20,22,23). The minimum absolute atomic E-state index is 0.158. The molecule has 130 valence electrons. The Morgan fingerprint density at radius 3 is 2.38 bits per heavy atom. The molecule has 0 fully saturated rings. The summed E-state index contributed by atoms with van der Waals surface area (Å²) in [5.74, 6) is 0. The molecule has 0 saturated heterocycles. The highest BCUT2D eigenvalue weighted by Crippen LogP contribution is 2.10. The minimum atomic E-state index is -3.61. The van der Waals surface area contributed by atoms with Gasteiger partial charge in [0.15, 0.2) is 0 Å². The van der Waals surface area contributed by atoms with Crippen LogP contribution >= 0.6 is 0 Å². The number of nitrogens with two attached hydrogens (primary N) is 1. The van der Waals surface area contributed by atoms with Gasteiger partial charge in [-0.05, 0) is 62.9 Å². The van der Waals surface area contributed by atoms with E-state index >= 15 is 0 Å². The molecule has 1 atom stereocenters. The van der Waals surface area contributed by atoms with Crippen molar-refractivity contribution in [2.75, 3.05) is 6.54 Å². The average Bonchev–Trinajstić information content (AvgIpc) is 2.53. The molecule has 0 saturated carbocycles. The fourth-order valence-corrected chi connectivity index (χ4v) is 3.18. The second-order valence-electron chi connectivity index (χ2n) is 6.32. The Kier molecular flexibility index (Phi) is 6.54. The van der Waals surface area contributed by atoms with E-state index in [-0.39, 0.29) is 4.90 Å². The highest BCUT2D eigenvalue weighted by molar-refractivity contribution is 7.89. The number of primary sulfonamides is 1. The Balaban J connectivity index is 1.73. The number of benzene rings is 2. The predicted molar refractivity (Wildman–Crippen MR) is 98.5 cm³/mol. The van der Waals surface area contributed by atoms with Crippen LogP contribution in [0.25, 0.3) is 0 Å².